The number of aliphatic carboxylic acids is 1. The molecule has 118 valence electrons. The lowest BCUT2D eigenvalue weighted by atomic mass is 9.80. The van der Waals surface area contributed by atoms with Crippen molar-refractivity contribution in [1.29, 1.82) is 0 Å². The van der Waals surface area contributed by atoms with Crippen molar-refractivity contribution in [3.8, 4) is 5.75 Å². The Hall–Kier alpha value is -2.64. The second kappa shape index (κ2) is 7.57. The van der Waals surface area contributed by atoms with Crippen molar-refractivity contribution in [3.63, 3.8) is 0 Å². The van der Waals surface area contributed by atoms with E-state index in [4.69, 9.17) is 10.0 Å². The average molecular weight is 313 g/mol. The summed E-state index contributed by atoms with van der Waals surface area (Å²) in [4.78, 5) is 15.4. The molecule has 2 aromatic rings. The molecule has 0 unspecified atom stereocenters. The maximum atomic E-state index is 11.3. The molecule has 7 heteroatoms. The van der Waals surface area contributed by atoms with Gasteiger partial charge in [-0.3, -0.25) is 4.99 Å². The number of phenolic OH excluding ortho intramolecular Hbond substituents is 1. The van der Waals surface area contributed by atoms with Crippen molar-refractivity contribution in [3.05, 3.63) is 59.7 Å². The molecule has 0 saturated heterocycles. The van der Waals surface area contributed by atoms with Crippen LogP contribution in [0.1, 0.15) is 11.1 Å². The van der Waals surface area contributed by atoms with Gasteiger partial charge >= 0.3 is 13.1 Å². The molecule has 0 fully saturated rings. The summed E-state index contributed by atoms with van der Waals surface area (Å²) in [6.45, 7) is 0. The maximum absolute atomic E-state index is 11.3. The standard InChI is InChI=1S/C16H16BNO5/c19-14-7-3-11(4-8-14)9-15(16(20)21)18-10-12-1-5-13(6-2-12)17(22)23/h1-8,10,15,19,22-23H,9H2,(H,20,21)/t15-/m0/s1. The maximum Gasteiger partial charge on any atom is 0.488 e. The number of carboxylic acids is 1. The number of rotatable bonds is 6. The van der Waals surface area contributed by atoms with E-state index < -0.39 is 19.1 Å². The Bertz CT molecular complexity index is 683. The van der Waals surface area contributed by atoms with E-state index in [-0.39, 0.29) is 12.2 Å². The Labute approximate surface area is 133 Å². The van der Waals surface area contributed by atoms with Crippen LogP contribution in [0.15, 0.2) is 53.5 Å². The fourth-order valence-electron chi connectivity index (χ4n) is 1.99. The van der Waals surface area contributed by atoms with E-state index in [9.17, 15) is 15.0 Å². The minimum Gasteiger partial charge on any atom is -0.508 e. The zero-order chi connectivity index (χ0) is 16.8. The second-order valence-corrected chi connectivity index (χ2v) is 5.04. The van der Waals surface area contributed by atoms with Gasteiger partial charge in [-0.1, -0.05) is 36.4 Å². The number of benzene rings is 2. The first-order valence-corrected chi connectivity index (χ1v) is 6.95. The molecule has 0 aromatic heterocycles. The van der Waals surface area contributed by atoms with Crippen LogP contribution in [0.25, 0.3) is 0 Å². The molecule has 0 bridgehead atoms. The SMILES string of the molecule is O=C(O)[C@H](Cc1ccc(O)cc1)N=Cc1ccc(B(O)O)cc1. The molecule has 0 heterocycles. The van der Waals surface area contributed by atoms with E-state index in [0.29, 0.717) is 11.0 Å². The lowest BCUT2D eigenvalue weighted by molar-refractivity contribution is -0.138. The Kier molecular flexibility index (Phi) is 5.51. The van der Waals surface area contributed by atoms with Gasteiger partial charge in [0.25, 0.3) is 0 Å². The van der Waals surface area contributed by atoms with Crippen LogP contribution in [0.2, 0.25) is 0 Å². The van der Waals surface area contributed by atoms with Gasteiger partial charge in [0.2, 0.25) is 0 Å². The van der Waals surface area contributed by atoms with E-state index in [0.717, 1.165) is 5.56 Å². The van der Waals surface area contributed by atoms with Gasteiger partial charge in [-0.15, -0.1) is 0 Å². The van der Waals surface area contributed by atoms with Crippen LogP contribution in [0.4, 0.5) is 0 Å². The number of nitrogens with zero attached hydrogens (tertiary/aromatic N) is 1. The van der Waals surface area contributed by atoms with Crippen LogP contribution in [-0.2, 0) is 11.2 Å². The number of carbonyl (C=O) groups is 1. The average Bonchev–Trinajstić information content (AvgIpc) is 2.53. The van der Waals surface area contributed by atoms with E-state index in [1.807, 2.05) is 0 Å². The van der Waals surface area contributed by atoms with Gasteiger partial charge < -0.3 is 20.3 Å². The first-order chi connectivity index (χ1) is 11.0. The van der Waals surface area contributed by atoms with Crippen molar-refractivity contribution in [2.24, 2.45) is 4.99 Å². The number of carboxylic acid groups (broad SMARTS) is 1. The smallest absolute Gasteiger partial charge is 0.488 e. The summed E-state index contributed by atoms with van der Waals surface area (Å²) in [5.74, 6) is -0.924. The lowest BCUT2D eigenvalue weighted by Gasteiger charge is -2.08. The van der Waals surface area contributed by atoms with Crippen molar-refractivity contribution in [2.45, 2.75) is 12.5 Å². The largest absolute Gasteiger partial charge is 0.508 e. The van der Waals surface area contributed by atoms with E-state index >= 15 is 0 Å². The number of aromatic hydroxyl groups is 1. The summed E-state index contributed by atoms with van der Waals surface area (Å²) in [5, 5.41) is 36.5. The fraction of sp³-hybridized carbons (Fsp3) is 0.125. The summed E-state index contributed by atoms with van der Waals surface area (Å²) < 4.78 is 0. The highest BCUT2D eigenvalue weighted by Gasteiger charge is 2.16. The molecule has 0 radical (unpaired) electrons. The van der Waals surface area contributed by atoms with Crippen molar-refractivity contribution in [2.75, 3.05) is 0 Å². The lowest BCUT2D eigenvalue weighted by Crippen LogP contribution is -2.29. The fourth-order valence-corrected chi connectivity index (χ4v) is 1.99. The molecule has 4 N–H and O–H groups in total. The van der Waals surface area contributed by atoms with Crippen LogP contribution < -0.4 is 5.46 Å². The Morgan fingerprint density at radius 3 is 2.22 bits per heavy atom. The van der Waals surface area contributed by atoms with Crippen LogP contribution in [-0.4, -0.2) is 45.6 Å². The summed E-state index contributed by atoms with van der Waals surface area (Å²) in [6, 6.07) is 11.7. The van der Waals surface area contributed by atoms with E-state index in [1.165, 1.54) is 30.5 Å². The van der Waals surface area contributed by atoms with E-state index in [2.05, 4.69) is 4.99 Å². The molecule has 0 spiro atoms. The number of aliphatic imine (C=N–C) groups is 1. The number of hydrogen-bond donors (Lipinski definition) is 4. The quantitative estimate of drug-likeness (QED) is 0.449. The summed E-state index contributed by atoms with van der Waals surface area (Å²) in [7, 11) is -1.54. The Morgan fingerprint density at radius 2 is 1.70 bits per heavy atom. The van der Waals surface area contributed by atoms with Crippen LogP contribution in [0.3, 0.4) is 0 Å². The van der Waals surface area contributed by atoms with Crippen LogP contribution >= 0.6 is 0 Å². The predicted molar refractivity (Wildman–Crippen MR) is 87.1 cm³/mol. The summed E-state index contributed by atoms with van der Waals surface area (Å²) in [6.07, 6.45) is 1.65. The molecule has 0 saturated carbocycles. The van der Waals surface area contributed by atoms with Gasteiger partial charge in [0.05, 0.1) is 0 Å². The zero-order valence-electron chi connectivity index (χ0n) is 12.2. The number of hydrogen-bond acceptors (Lipinski definition) is 5. The molecule has 23 heavy (non-hydrogen) atoms. The molecule has 0 aliphatic heterocycles. The number of phenols is 1. The molecule has 2 aromatic carbocycles. The third-order valence-corrected chi connectivity index (χ3v) is 3.29. The monoisotopic (exact) mass is 313 g/mol. The molecule has 2 rings (SSSR count). The summed E-state index contributed by atoms with van der Waals surface area (Å²) in [5.41, 5.74) is 1.76. The third kappa shape index (κ3) is 4.94. The highest BCUT2D eigenvalue weighted by Crippen LogP contribution is 2.12. The van der Waals surface area contributed by atoms with Gasteiger partial charge in [0, 0.05) is 12.6 Å². The van der Waals surface area contributed by atoms with Crippen LogP contribution in [0, 0.1) is 0 Å². The van der Waals surface area contributed by atoms with E-state index in [1.54, 1.807) is 24.3 Å². The van der Waals surface area contributed by atoms with Gasteiger partial charge in [-0.25, -0.2) is 4.79 Å². The zero-order valence-corrected chi connectivity index (χ0v) is 12.2. The predicted octanol–water partition coefficient (Wildman–Crippen LogP) is 0.187. The third-order valence-electron chi connectivity index (χ3n) is 3.29. The van der Waals surface area contributed by atoms with Crippen molar-refractivity contribution >= 4 is 24.8 Å². The minimum atomic E-state index is -1.54. The molecule has 0 aliphatic carbocycles. The first-order valence-electron chi connectivity index (χ1n) is 6.95. The van der Waals surface area contributed by atoms with Gasteiger partial charge in [-0.05, 0) is 28.7 Å². The van der Waals surface area contributed by atoms with Gasteiger partial charge in [0.15, 0.2) is 6.04 Å². The Balaban J connectivity index is 2.09. The molecule has 0 aliphatic rings. The molecule has 6 nitrogen and oxygen atoms in total. The first kappa shape index (κ1) is 16.7. The van der Waals surface area contributed by atoms with Crippen LogP contribution in [0.5, 0.6) is 5.75 Å². The second-order valence-electron chi connectivity index (χ2n) is 5.04. The van der Waals surface area contributed by atoms with Crippen molar-refractivity contribution < 1.29 is 25.1 Å². The minimum absolute atomic E-state index is 0.121. The topological polar surface area (TPSA) is 110 Å². The van der Waals surface area contributed by atoms with Gasteiger partial charge in [-0.2, -0.15) is 0 Å². The molecule has 0 amide bonds. The highest BCUT2D eigenvalue weighted by atomic mass is 16.4. The van der Waals surface area contributed by atoms with Gasteiger partial charge in [0.1, 0.15) is 5.75 Å². The molecular formula is C16H16BNO5. The normalized spacial score (nSPS) is 12.3. The Morgan fingerprint density at radius 1 is 1.09 bits per heavy atom. The van der Waals surface area contributed by atoms with Crippen molar-refractivity contribution in [1.82, 2.24) is 0 Å². The highest BCUT2D eigenvalue weighted by molar-refractivity contribution is 6.58. The molecular weight excluding hydrogens is 297 g/mol. The summed E-state index contributed by atoms with van der Waals surface area (Å²) >= 11 is 0. The molecule has 1 atom stereocenters.